The van der Waals surface area contributed by atoms with E-state index in [1.54, 1.807) is 6.07 Å². The summed E-state index contributed by atoms with van der Waals surface area (Å²) in [5.41, 5.74) is 0.0842. The van der Waals surface area contributed by atoms with Crippen LogP contribution in [0.1, 0.15) is 23.2 Å². The predicted molar refractivity (Wildman–Crippen MR) is 75.9 cm³/mol. The molecule has 1 aromatic rings. The molecule has 108 valence electrons. The minimum atomic E-state index is -1.48. The summed E-state index contributed by atoms with van der Waals surface area (Å²) in [6.45, 7) is 0. The maximum absolute atomic E-state index is 11.4. The lowest BCUT2D eigenvalue weighted by Gasteiger charge is -2.23. The molecule has 0 aliphatic carbocycles. The van der Waals surface area contributed by atoms with Crippen molar-refractivity contribution in [3.63, 3.8) is 0 Å². The van der Waals surface area contributed by atoms with Gasteiger partial charge in [-0.25, -0.2) is 4.79 Å². The van der Waals surface area contributed by atoms with Crippen LogP contribution in [0.25, 0.3) is 0 Å². The third-order valence-electron chi connectivity index (χ3n) is 3.08. The number of carboxylic acids is 1. The molecule has 0 unspecified atom stereocenters. The zero-order chi connectivity index (χ0) is 14.5. The molecule has 0 atom stereocenters. The summed E-state index contributed by atoms with van der Waals surface area (Å²) < 4.78 is 11.1. The molecule has 0 aromatic heterocycles. The summed E-state index contributed by atoms with van der Waals surface area (Å²) in [5.74, 6) is 0.640. The maximum Gasteiger partial charge on any atom is 0.377 e. The van der Waals surface area contributed by atoms with Gasteiger partial charge in [0.15, 0.2) is 11.5 Å². The van der Waals surface area contributed by atoms with Gasteiger partial charge in [-0.1, -0.05) is 0 Å². The van der Waals surface area contributed by atoms with Crippen LogP contribution in [0, 0.1) is 0 Å². The number of ether oxygens (including phenoxy) is 2. The number of ketones is 1. The highest BCUT2D eigenvalue weighted by Gasteiger charge is 2.20. The second-order valence-corrected chi connectivity index (χ2v) is 5.65. The Morgan fingerprint density at radius 2 is 1.95 bits per heavy atom. The van der Waals surface area contributed by atoms with Gasteiger partial charge in [-0.15, -0.1) is 0 Å². The number of carbonyl (C=O) groups excluding carboxylic acids is 1. The number of carboxylic acid groups (broad SMARTS) is 1. The van der Waals surface area contributed by atoms with Gasteiger partial charge in [0.1, 0.15) is 6.10 Å². The topological polar surface area (TPSA) is 72.8 Å². The Balaban J connectivity index is 2.17. The number of hydrogen-bond donors (Lipinski definition) is 1. The fourth-order valence-electron chi connectivity index (χ4n) is 2.00. The first-order valence-electron chi connectivity index (χ1n) is 6.32. The van der Waals surface area contributed by atoms with Crippen molar-refractivity contribution in [2.24, 2.45) is 0 Å². The predicted octanol–water partition coefficient (Wildman–Crippen LogP) is 2.24. The van der Waals surface area contributed by atoms with Gasteiger partial charge in [-0.2, -0.15) is 11.8 Å². The van der Waals surface area contributed by atoms with E-state index in [1.165, 1.54) is 19.2 Å². The van der Waals surface area contributed by atoms with E-state index in [9.17, 15) is 9.59 Å². The smallest absolute Gasteiger partial charge is 0.377 e. The molecule has 5 nitrogen and oxygen atoms in total. The van der Waals surface area contributed by atoms with Crippen LogP contribution in [0.4, 0.5) is 0 Å². The second kappa shape index (κ2) is 6.65. The van der Waals surface area contributed by atoms with Crippen LogP contribution in [0.2, 0.25) is 0 Å². The minimum Gasteiger partial charge on any atom is -0.493 e. The molecule has 2 rings (SSSR count). The lowest BCUT2D eigenvalue weighted by atomic mass is 10.1. The van der Waals surface area contributed by atoms with Gasteiger partial charge >= 0.3 is 5.97 Å². The fourth-order valence-corrected chi connectivity index (χ4v) is 3.07. The largest absolute Gasteiger partial charge is 0.493 e. The van der Waals surface area contributed by atoms with Crippen LogP contribution < -0.4 is 9.47 Å². The highest BCUT2D eigenvalue weighted by atomic mass is 32.2. The first kappa shape index (κ1) is 14.7. The van der Waals surface area contributed by atoms with Gasteiger partial charge in [0.05, 0.1) is 7.11 Å². The normalized spacial score (nSPS) is 15.7. The van der Waals surface area contributed by atoms with Crippen LogP contribution in [0.15, 0.2) is 18.2 Å². The van der Waals surface area contributed by atoms with E-state index in [2.05, 4.69) is 0 Å². The summed E-state index contributed by atoms with van der Waals surface area (Å²) in [4.78, 5) is 22.1. The summed E-state index contributed by atoms with van der Waals surface area (Å²) in [7, 11) is 1.47. The lowest BCUT2D eigenvalue weighted by molar-refractivity contribution is -0.131. The molecule has 0 saturated carbocycles. The minimum absolute atomic E-state index is 0.0842. The highest BCUT2D eigenvalue weighted by molar-refractivity contribution is 7.99. The summed E-state index contributed by atoms with van der Waals surface area (Å²) >= 11 is 1.91. The third kappa shape index (κ3) is 3.45. The Morgan fingerprint density at radius 3 is 2.55 bits per heavy atom. The van der Waals surface area contributed by atoms with Crippen molar-refractivity contribution in [1.29, 1.82) is 0 Å². The first-order chi connectivity index (χ1) is 9.61. The zero-order valence-electron chi connectivity index (χ0n) is 11.1. The van der Waals surface area contributed by atoms with Gasteiger partial charge in [-0.05, 0) is 42.5 Å². The first-order valence-corrected chi connectivity index (χ1v) is 7.47. The van der Waals surface area contributed by atoms with Gasteiger partial charge in [0, 0.05) is 5.56 Å². The van der Waals surface area contributed by atoms with Crippen LogP contribution >= 0.6 is 11.8 Å². The fraction of sp³-hybridized carbons (Fsp3) is 0.429. The number of benzene rings is 1. The summed E-state index contributed by atoms with van der Waals surface area (Å²) in [6.07, 6.45) is 2.10. The van der Waals surface area contributed by atoms with E-state index in [0.717, 1.165) is 24.3 Å². The summed E-state index contributed by atoms with van der Waals surface area (Å²) in [5, 5.41) is 8.71. The number of rotatable bonds is 5. The molecule has 1 saturated heterocycles. The maximum atomic E-state index is 11.4. The average molecular weight is 296 g/mol. The lowest BCUT2D eigenvalue weighted by Crippen LogP contribution is -2.22. The van der Waals surface area contributed by atoms with E-state index in [-0.39, 0.29) is 11.7 Å². The third-order valence-corrected chi connectivity index (χ3v) is 4.13. The summed E-state index contributed by atoms with van der Waals surface area (Å²) in [6, 6.07) is 4.45. The second-order valence-electron chi connectivity index (χ2n) is 4.43. The van der Waals surface area contributed by atoms with Crippen LogP contribution in [0.3, 0.4) is 0 Å². The SMILES string of the molecule is COc1cc(C(=O)C(=O)O)ccc1OC1CCSCC1. The number of aliphatic carboxylic acids is 1. The molecule has 1 aliphatic rings. The van der Waals surface area contributed by atoms with Crippen molar-refractivity contribution in [2.45, 2.75) is 18.9 Å². The van der Waals surface area contributed by atoms with Crippen LogP contribution in [-0.4, -0.2) is 41.6 Å². The van der Waals surface area contributed by atoms with Crippen molar-refractivity contribution in [1.82, 2.24) is 0 Å². The number of methoxy groups -OCH3 is 1. The van der Waals surface area contributed by atoms with E-state index in [4.69, 9.17) is 14.6 Å². The molecule has 0 amide bonds. The van der Waals surface area contributed by atoms with Crippen molar-refractivity contribution >= 4 is 23.5 Å². The Hall–Kier alpha value is -1.69. The van der Waals surface area contributed by atoms with E-state index in [1.807, 2.05) is 11.8 Å². The molecule has 1 N–H and O–H groups in total. The number of Topliss-reactive ketones (excluding diaryl/α,β-unsaturated/α-hetero) is 1. The Labute approximate surface area is 121 Å². The van der Waals surface area contributed by atoms with E-state index in [0.29, 0.717) is 11.5 Å². The molecule has 0 radical (unpaired) electrons. The van der Waals surface area contributed by atoms with Crippen LogP contribution in [0.5, 0.6) is 11.5 Å². The molecule has 1 aromatic carbocycles. The number of thioether (sulfide) groups is 1. The molecule has 0 bridgehead atoms. The molecular formula is C14H16O5S. The standard InChI is InChI=1S/C14H16O5S/c1-18-12-8-9(13(15)14(16)17)2-3-11(12)19-10-4-6-20-7-5-10/h2-3,8,10H,4-7H2,1H3,(H,16,17). The Bertz CT molecular complexity index is 508. The average Bonchev–Trinajstić information content (AvgIpc) is 2.48. The Morgan fingerprint density at radius 1 is 1.25 bits per heavy atom. The monoisotopic (exact) mass is 296 g/mol. The zero-order valence-corrected chi connectivity index (χ0v) is 11.9. The van der Waals surface area contributed by atoms with E-state index < -0.39 is 11.8 Å². The van der Waals surface area contributed by atoms with E-state index >= 15 is 0 Å². The van der Waals surface area contributed by atoms with Crippen molar-refractivity contribution in [3.05, 3.63) is 23.8 Å². The van der Waals surface area contributed by atoms with Gasteiger partial charge in [0.2, 0.25) is 0 Å². The highest BCUT2D eigenvalue weighted by Crippen LogP contribution is 2.31. The number of hydrogen-bond acceptors (Lipinski definition) is 5. The number of carbonyl (C=O) groups is 2. The van der Waals surface area contributed by atoms with Crippen molar-refractivity contribution < 1.29 is 24.2 Å². The molecular weight excluding hydrogens is 280 g/mol. The molecule has 0 spiro atoms. The van der Waals surface area contributed by atoms with Crippen molar-refractivity contribution in [2.75, 3.05) is 18.6 Å². The van der Waals surface area contributed by atoms with Gasteiger partial charge in [0.25, 0.3) is 5.78 Å². The molecule has 1 aliphatic heterocycles. The molecule has 1 fully saturated rings. The molecule has 20 heavy (non-hydrogen) atoms. The van der Waals surface area contributed by atoms with Gasteiger partial charge in [-0.3, -0.25) is 4.79 Å². The van der Waals surface area contributed by atoms with Gasteiger partial charge < -0.3 is 14.6 Å². The van der Waals surface area contributed by atoms with Crippen molar-refractivity contribution in [3.8, 4) is 11.5 Å². The molecule has 6 heteroatoms. The quantitative estimate of drug-likeness (QED) is 0.663. The Kier molecular flexibility index (Phi) is 4.89. The molecule has 1 heterocycles. The van der Waals surface area contributed by atoms with Crippen LogP contribution in [-0.2, 0) is 4.79 Å².